The summed E-state index contributed by atoms with van der Waals surface area (Å²) in [6.45, 7) is 0.600. The molecule has 1 unspecified atom stereocenters. The Kier molecular flexibility index (Phi) is 6.03. The SMILES string of the molecule is O=C(Nc1cc(N2CC(c3ccccc3)CC2=O)ccn1)Nc1ccccc1-c1ccccc1. The third-order valence-corrected chi connectivity index (χ3v) is 5.95. The summed E-state index contributed by atoms with van der Waals surface area (Å²) in [7, 11) is 0. The smallest absolute Gasteiger partial charge is 0.312 e. The van der Waals surface area contributed by atoms with Gasteiger partial charge in [-0.05, 0) is 23.3 Å². The zero-order valence-electron chi connectivity index (χ0n) is 18.5. The number of amides is 3. The molecular formula is C28H24N4O2. The Morgan fingerprint density at radius 3 is 2.35 bits per heavy atom. The quantitative estimate of drug-likeness (QED) is 0.398. The molecule has 6 heteroatoms. The third kappa shape index (κ3) is 4.66. The molecule has 6 nitrogen and oxygen atoms in total. The van der Waals surface area contributed by atoms with Crippen molar-refractivity contribution < 1.29 is 9.59 Å². The van der Waals surface area contributed by atoms with Crippen LogP contribution in [-0.4, -0.2) is 23.5 Å². The third-order valence-electron chi connectivity index (χ3n) is 5.95. The molecule has 5 rings (SSSR count). The van der Waals surface area contributed by atoms with Crippen molar-refractivity contribution in [3.63, 3.8) is 0 Å². The monoisotopic (exact) mass is 448 g/mol. The molecule has 1 saturated heterocycles. The fourth-order valence-electron chi connectivity index (χ4n) is 4.29. The molecule has 1 aliphatic heterocycles. The Morgan fingerprint density at radius 1 is 0.853 bits per heavy atom. The largest absolute Gasteiger partial charge is 0.324 e. The molecule has 1 aliphatic rings. The summed E-state index contributed by atoms with van der Waals surface area (Å²) >= 11 is 0. The molecule has 2 heterocycles. The fraction of sp³-hybridized carbons (Fsp3) is 0.107. The van der Waals surface area contributed by atoms with Crippen LogP contribution in [0.1, 0.15) is 17.9 Å². The normalized spacial score (nSPS) is 15.2. The van der Waals surface area contributed by atoms with Gasteiger partial charge in [0.25, 0.3) is 0 Å². The van der Waals surface area contributed by atoms with Crippen LogP contribution in [0.5, 0.6) is 0 Å². The van der Waals surface area contributed by atoms with Gasteiger partial charge in [0.1, 0.15) is 5.82 Å². The highest BCUT2D eigenvalue weighted by molar-refractivity contribution is 6.02. The molecule has 34 heavy (non-hydrogen) atoms. The van der Waals surface area contributed by atoms with E-state index < -0.39 is 6.03 Å². The fourth-order valence-corrected chi connectivity index (χ4v) is 4.29. The van der Waals surface area contributed by atoms with Gasteiger partial charge >= 0.3 is 6.03 Å². The first-order valence-electron chi connectivity index (χ1n) is 11.2. The van der Waals surface area contributed by atoms with Gasteiger partial charge < -0.3 is 10.2 Å². The van der Waals surface area contributed by atoms with Crippen LogP contribution in [0.3, 0.4) is 0 Å². The summed E-state index contributed by atoms with van der Waals surface area (Å²) < 4.78 is 0. The number of nitrogens with zero attached hydrogens (tertiary/aromatic N) is 2. The van der Waals surface area contributed by atoms with Crippen molar-refractivity contribution in [2.24, 2.45) is 0 Å². The minimum absolute atomic E-state index is 0.0623. The topological polar surface area (TPSA) is 74.3 Å². The first kappa shape index (κ1) is 21.4. The van der Waals surface area contributed by atoms with Crippen LogP contribution >= 0.6 is 0 Å². The van der Waals surface area contributed by atoms with Crippen LogP contribution in [0.4, 0.5) is 22.0 Å². The Hall–Kier alpha value is -4.45. The Labute approximate surface area is 198 Å². The molecule has 0 saturated carbocycles. The molecule has 0 bridgehead atoms. The van der Waals surface area contributed by atoms with E-state index in [1.54, 1.807) is 23.2 Å². The summed E-state index contributed by atoms with van der Waals surface area (Å²) in [5, 5.41) is 5.70. The number of hydrogen-bond donors (Lipinski definition) is 2. The van der Waals surface area contributed by atoms with Gasteiger partial charge in [-0.3, -0.25) is 10.1 Å². The highest BCUT2D eigenvalue weighted by Gasteiger charge is 2.31. The van der Waals surface area contributed by atoms with Crippen molar-refractivity contribution >= 4 is 29.1 Å². The summed E-state index contributed by atoms with van der Waals surface area (Å²) in [5.74, 6) is 0.589. The van der Waals surface area contributed by atoms with E-state index in [-0.39, 0.29) is 11.8 Å². The molecule has 0 aliphatic carbocycles. The number of nitrogens with one attached hydrogen (secondary N) is 2. The van der Waals surface area contributed by atoms with Crippen molar-refractivity contribution in [2.75, 3.05) is 22.1 Å². The molecule has 0 radical (unpaired) electrons. The van der Waals surface area contributed by atoms with Gasteiger partial charge in [0.05, 0.1) is 5.69 Å². The second kappa shape index (κ2) is 9.58. The standard InChI is InChI=1S/C28H24N4O2/c33-27-17-22(20-9-3-1-4-10-20)19-32(27)23-15-16-29-26(18-23)31-28(34)30-25-14-8-7-13-24(25)21-11-5-2-6-12-21/h1-16,18,22H,17,19H2,(H2,29,30,31,34). The number of carbonyl (C=O) groups excluding carboxylic acids is 2. The molecule has 3 amide bonds. The molecular weight excluding hydrogens is 424 g/mol. The highest BCUT2D eigenvalue weighted by atomic mass is 16.2. The lowest BCUT2D eigenvalue weighted by Crippen LogP contribution is -2.25. The number of anilines is 3. The molecule has 1 fully saturated rings. The van der Waals surface area contributed by atoms with E-state index in [1.165, 1.54) is 0 Å². The van der Waals surface area contributed by atoms with Crippen molar-refractivity contribution in [1.82, 2.24) is 4.98 Å². The first-order chi connectivity index (χ1) is 16.7. The Balaban J connectivity index is 1.29. The van der Waals surface area contributed by atoms with Gasteiger partial charge in [0.15, 0.2) is 0 Å². The molecule has 4 aromatic rings. The Morgan fingerprint density at radius 2 is 1.56 bits per heavy atom. The predicted octanol–water partition coefficient (Wildman–Crippen LogP) is 5.91. The predicted molar refractivity (Wildman–Crippen MR) is 135 cm³/mol. The number of urea groups is 1. The second-order valence-corrected chi connectivity index (χ2v) is 8.21. The number of rotatable bonds is 5. The van der Waals surface area contributed by atoms with Gasteiger partial charge in [-0.25, -0.2) is 9.78 Å². The minimum Gasteiger partial charge on any atom is -0.312 e. The highest BCUT2D eigenvalue weighted by Crippen LogP contribution is 2.32. The summed E-state index contributed by atoms with van der Waals surface area (Å²) in [6.07, 6.45) is 2.07. The van der Waals surface area contributed by atoms with E-state index in [1.807, 2.05) is 72.8 Å². The van der Waals surface area contributed by atoms with E-state index in [9.17, 15) is 9.59 Å². The second-order valence-electron chi connectivity index (χ2n) is 8.21. The van der Waals surface area contributed by atoms with Crippen molar-refractivity contribution in [1.29, 1.82) is 0 Å². The number of para-hydroxylation sites is 1. The van der Waals surface area contributed by atoms with E-state index in [0.717, 1.165) is 22.4 Å². The summed E-state index contributed by atoms with van der Waals surface area (Å²) in [4.78, 5) is 31.5. The molecule has 1 aromatic heterocycles. The zero-order chi connectivity index (χ0) is 23.3. The number of pyridine rings is 1. The zero-order valence-corrected chi connectivity index (χ0v) is 18.5. The van der Waals surface area contributed by atoms with Crippen molar-refractivity contribution in [3.8, 4) is 11.1 Å². The lowest BCUT2D eigenvalue weighted by atomic mass is 9.99. The van der Waals surface area contributed by atoms with Crippen LogP contribution in [0.25, 0.3) is 11.1 Å². The van der Waals surface area contributed by atoms with Crippen molar-refractivity contribution in [2.45, 2.75) is 12.3 Å². The van der Waals surface area contributed by atoms with Crippen LogP contribution in [0.15, 0.2) is 103 Å². The van der Waals surface area contributed by atoms with Gasteiger partial charge in [0.2, 0.25) is 5.91 Å². The average Bonchev–Trinajstić information content (AvgIpc) is 3.27. The average molecular weight is 449 g/mol. The molecule has 1 atom stereocenters. The number of aromatic nitrogens is 1. The van der Waals surface area contributed by atoms with Crippen LogP contribution in [0.2, 0.25) is 0 Å². The summed E-state index contributed by atoms with van der Waals surface area (Å²) in [5.41, 5.74) is 4.51. The van der Waals surface area contributed by atoms with Gasteiger partial charge in [0, 0.05) is 42.4 Å². The van der Waals surface area contributed by atoms with E-state index >= 15 is 0 Å². The van der Waals surface area contributed by atoms with E-state index in [4.69, 9.17) is 0 Å². The number of benzene rings is 3. The van der Waals surface area contributed by atoms with Gasteiger partial charge in [-0.1, -0.05) is 78.9 Å². The first-order valence-corrected chi connectivity index (χ1v) is 11.2. The van der Waals surface area contributed by atoms with Crippen LogP contribution in [0, 0.1) is 0 Å². The lowest BCUT2D eigenvalue weighted by Gasteiger charge is -2.18. The minimum atomic E-state index is -0.400. The molecule has 3 aromatic carbocycles. The maximum absolute atomic E-state index is 12.8. The molecule has 168 valence electrons. The van der Waals surface area contributed by atoms with Gasteiger partial charge in [-0.15, -0.1) is 0 Å². The van der Waals surface area contributed by atoms with E-state index in [0.29, 0.717) is 24.5 Å². The maximum atomic E-state index is 12.8. The number of carbonyl (C=O) groups is 2. The maximum Gasteiger partial charge on any atom is 0.324 e. The van der Waals surface area contributed by atoms with Crippen molar-refractivity contribution in [3.05, 3.63) is 109 Å². The summed E-state index contributed by atoms with van der Waals surface area (Å²) in [6, 6.07) is 30.7. The molecule has 0 spiro atoms. The van der Waals surface area contributed by atoms with E-state index in [2.05, 4.69) is 27.8 Å². The molecule has 2 N–H and O–H groups in total. The van der Waals surface area contributed by atoms with Gasteiger partial charge in [-0.2, -0.15) is 0 Å². The van der Waals surface area contributed by atoms with Crippen LogP contribution in [-0.2, 0) is 4.79 Å². The van der Waals surface area contributed by atoms with Crippen LogP contribution < -0.4 is 15.5 Å². The number of hydrogen-bond acceptors (Lipinski definition) is 3. The Bertz CT molecular complexity index is 1310. The lowest BCUT2D eigenvalue weighted by molar-refractivity contribution is -0.117.